The average molecular weight is 245 g/mol. The van der Waals surface area contributed by atoms with Gasteiger partial charge in [-0.3, -0.25) is 4.79 Å². The van der Waals surface area contributed by atoms with Gasteiger partial charge in [0.2, 0.25) is 0 Å². The molecule has 6 nitrogen and oxygen atoms in total. The van der Waals surface area contributed by atoms with Crippen molar-refractivity contribution in [3.8, 4) is 0 Å². The van der Waals surface area contributed by atoms with Crippen LogP contribution >= 0.6 is 11.8 Å². The molecule has 0 aliphatic carbocycles. The molecule has 2 N–H and O–H groups in total. The number of aliphatic hydroxyl groups excluding tert-OH is 1. The zero-order valence-corrected chi connectivity index (χ0v) is 10.1. The summed E-state index contributed by atoms with van der Waals surface area (Å²) in [5.74, 6) is -0.266. The van der Waals surface area contributed by atoms with E-state index in [1.54, 1.807) is 18.7 Å². The summed E-state index contributed by atoms with van der Waals surface area (Å²) in [5.41, 5.74) is 0. The van der Waals surface area contributed by atoms with Gasteiger partial charge < -0.3 is 10.2 Å². The number of aliphatic carboxylic acids is 1. The lowest BCUT2D eigenvalue weighted by atomic mass is 10.2. The third-order valence-corrected chi connectivity index (χ3v) is 2.88. The molecule has 0 aliphatic rings. The lowest BCUT2D eigenvalue weighted by molar-refractivity contribution is -0.133. The molecule has 0 aliphatic heterocycles. The van der Waals surface area contributed by atoms with Gasteiger partial charge in [0.25, 0.3) is 0 Å². The first-order chi connectivity index (χ1) is 7.49. The minimum Gasteiger partial charge on any atom is -0.481 e. The van der Waals surface area contributed by atoms with E-state index < -0.39 is 5.97 Å². The maximum atomic E-state index is 10.4. The number of nitrogens with zero attached hydrogens (tertiary/aromatic N) is 3. The number of aromatic nitrogens is 3. The normalized spacial score (nSPS) is 12.7. The molecule has 16 heavy (non-hydrogen) atoms. The Morgan fingerprint density at radius 1 is 1.62 bits per heavy atom. The van der Waals surface area contributed by atoms with Gasteiger partial charge >= 0.3 is 5.97 Å². The van der Waals surface area contributed by atoms with Gasteiger partial charge in [0.05, 0.1) is 11.9 Å². The molecule has 1 atom stereocenters. The Morgan fingerprint density at radius 2 is 2.31 bits per heavy atom. The van der Waals surface area contributed by atoms with Crippen molar-refractivity contribution in [3.63, 3.8) is 0 Å². The van der Waals surface area contributed by atoms with Crippen LogP contribution in [-0.2, 0) is 18.3 Å². The van der Waals surface area contributed by atoms with Crippen LogP contribution < -0.4 is 0 Å². The van der Waals surface area contributed by atoms with E-state index in [9.17, 15) is 4.79 Å². The van der Waals surface area contributed by atoms with Gasteiger partial charge in [-0.25, -0.2) is 9.67 Å². The van der Waals surface area contributed by atoms with Crippen LogP contribution in [0.4, 0.5) is 0 Å². The molecule has 1 heterocycles. The number of rotatable bonds is 6. The Hall–Kier alpha value is -1.08. The number of hydrogen-bond donors (Lipinski definition) is 2. The maximum absolute atomic E-state index is 10.4. The molecule has 0 spiro atoms. The molecular formula is C9H15N3O3S. The van der Waals surface area contributed by atoms with Gasteiger partial charge in [0, 0.05) is 13.5 Å². The number of thioether (sulfide) groups is 1. The first kappa shape index (κ1) is 13.0. The van der Waals surface area contributed by atoms with E-state index in [0.717, 1.165) is 11.8 Å². The number of carboxylic acid groups (broad SMARTS) is 1. The minimum absolute atomic E-state index is 0.0254. The Labute approximate surface area is 97.7 Å². The van der Waals surface area contributed by atoms with Crippen molar-refractivity contribution in [1.29, 1.82) is 0 Å². The fraction of sp³-hybridized carbons (Fsp3) is 0.667. The summed E-state index contributed by atoms with van der Waals surface area (Å²) in [6.45, 7) is 1.71. The van der Waals surface area contributed by atoms with Crippen molar-refractivity contribution < 1.29 is 15.0 Å². The van der Waals surface area contributed by atoms with Crippen LogP contribution in [0.5, 0.6) is 0 Å². The number of aliphatic hydroxyl groups is 1. The first-order valence-electron chi connectivity index (χ1n) is 4.91. The smallest absolute Gasteiger partial charge is 0.313 e. The molecule has 1 rings (SSSR count). The average Bonchev–Trinajstić information content (AvgIpc) is 2.53. The molecule has 1 aromatic heterocycles. The van der Waals surface area contributed by atoms with Gasteiger partial charge in [-0.15, -0.1) is 0 Å². The standard InChI is InChI=1S/C9H15N3O3S/c1-6(13)3-4-7-10-9(12(2)11-7)16-5-8(14)15/h6,13H,3-5H2,1-2H3,(H,14,15). The lowest BCUT2D eigenvalue weighted by Gasteiger charge is -1.98. The van der Waals surface area contributed by atoms with Crippen molar-refractivity contribution in [1.82, 2.24) is 14.8 Å². The lowest BCUT2D eigenvalue weighted by Crippen LogP contribution is -2.02. The predicted octanol–water partition coefficient (Wildman–Crippen LogP) is 0.305. The third kappa shape index (κ3) is 4.19. The Bertz CT molecular complexity index is 365. The highest BCUT2D eigenvalue weighted by Gasteiger charge is 2.10. The zero-order valence-electron chi connectivity index (χ0n) is 9.25. The van der Waals surface area contributed by atoms with E-state index in [1.165, 1.54) is 0 Å². The van der Waals surface area contributed by atoms with Crippen LogP contribution in [0.1, 0.15) is 19.2 Å². The first-order valence-corrected chi connectivity index (χ1v) is 5.90. The summed E-state index contributed by atoms with van der Waals surface area (Å²) in [4.78, 5) is 14.6. The van der Waals surface area contributed by atoms with Crippen molar-refractivity contribution in [2.45, 2.75) is 31.0 Å². The van der Waals surface area contributed by atoms with Crippen molar-refractivity contribution in [3.05, 3.63) is 5.82 Å². The highest BCUT2D eigenvalue weighted by molar-refractivity contribution is 7.99. The Kier molecular flexibility index (Phi) is 4.75. The van der Waals surface area contributed by atoms with E-state index in [0.29, 0.717) is 23.8 Å². The third-order valence-electron chi connectivity index (χ3n) is 1.88. The topological polar surface area (TPSA) is 88.2 Å². The van der Waals surface area contributed by atoms with Crippen LogP contribution in [0.2, 0.25) is 0 Å². The van der Waals surface area contributed by atoms with Crippen molar-refractivity contribution >= 4 is 17.7 Å². The highest BCUT2D eigenvalue weighted by atomic mass is 32.2. The van der Waals surface area contributed by atoms with E-state index >= 15 is 0 Å². The molecule has 0 bridgehead atoms. The zero-order chi connectivity index (χ0) is 12.1. The fourth-order valence-electron chi connectivity index (χ4n) is 1.12. The van der Waals surface area contributed by atoms with Gasteiger partial charge in [-0.05, 0) is 13.3 Å². The number of aryl methyl sites for hydroxylation is 2. The van der Waals surface area contributed by atoms with Gasteiger partial charge in [-0.2, -0.15) is 5.10 Å². The molecule has 0 amide bonds. The number of carbonyl (C=O) groups is 1. The molecule has 90 valence electrons. The van der Waals surface area contributed by atoms with E-state index in [1.807, 2.05) is 0 Å². The largest absolute Gasteiger partial charge is 0.481 e. The van der Waals surface area contributed by atoms with Gasteiger partial charge in [-0.1, -0.05) is 11.8 Å². The minimum atomic E-state index is -0.876. The van der Waals surface area contributed by atoms with E-state index in [4.69, 9.17) is 10.2 Å². The van der Waals surface area contributed by atoms with Crippen LogP contribution in [0.15, 0.2) is 5.16 Å². The highest BCUT2D eigenvalue weighted by Crippen LogP contribution is 2.15. The van der Waals surface area contributed by atoms with Gasteiger partial charge in [0.1, 0.15) is 0 Å². The number of carboxylic acids is 1. The molecule has 1 aromatic rings. The second kappa shape index (κ2) is 5.86. The van der Waals surface area contributed by atoms with Crippen LogP contribution in [0, 0.1) is 0 Å². The second-order valence-corrected chi connectivity index (χ2v) is 4.45. The quantitative estimate of drug-likeness (QED) is 0.701. The van der Waals surface area contributed by atoms with Crippen molar-refractivity contribution in [2.75, 3.05) is 5.75 Å². The van der Waals surface area contributed by atoms with Crippen molar-refractivity contribution in [2.24, 2.45) is 7.05 Å². The SMILES string of the molecule is CC(O)CCc1nc(SCC(=O)O)n(C)n1. The maximum Gasteiger partial charge on any atom is 0.313 e. The second-order valence-electron chi connectivity index (χ2n) is 3.50. The van der Waals surface area contributed by atoms with Crippen LogP contribution in [0.25, 0.3) is 0 Å². The monoisotopic (exact) mass is 245 g/mol. The summed E-state index contributed by atoms with van der Waals surface area (Å²) < 4.78 is 1.56. The molecule has 7 heteroatoms. The molecule has 0 aromatic carbocycles. The molecule has 0 saturated carbocycles. The summed E-state index contributed by atoms with van der Waals surface area (Å²) in [6.07, 6.45) is 0.825. The molecule has 0 saturated heterocycles. The Balaban J connectivity index is 2.55. The molecule has 0 radical (unpaired) electrons. The molecular weight excluding hydrogens is 230 g/mol. The number of hydrogen-bond acceptors (Lipinski definition) is 5. The summed E-state index contributed by atoms with van der Waals surface area (Å²) >= 11 is 1.14. The predicted molar refractivity (Wildman–Crippen MR) is 59.4 cm³/mol. The van der Waals surface area contributed by atoms with Crippen LogP contribution in [0.3, 0.4) is 0 Å². The van der Waals surface area contributed by atoms with E-state index in [-0.39, 0.29) is 11.9 Å². The molecule has 0 fully saturated rings. The fourth-order valence-corrected chi connectivity index (χ4v) is 1.77. The van der Waals surface area contributed by atoms with E-state index in [2.05, 4.69) is 10.1 Å². The summed E-state index contributed by atoms with van der Waals surface area (Å²) in [7, 11) is 1.73. The summed E-state index contributed by atoms with van der Waals surface area (Å²) in [5, 5.41) is 22.4. The Morgan fingerprint density at radius 3 is 2.88 bits per heavy atom. The summed E-state index contributed by atoms with van der Waals surface area (Å²) in [6, 6.07) is 0. The molecule has 1 unspecified atom stereocenters. The van der Waals surface area contributed by atoms with Crippen LogP contribution in [-0.4, -0.2) is 42.8 Å². The van der Waals surface area contributed by atoms with Gasteiger partial charge in [0.15, 0.2) is 11.0 Å².